The number of amides is 1. The quantitative estimate of drug-likeness (QED) is 0.714. The smallest absolute Gasteiger partial charge is 0.269 e. The van der Waals surface area contributed by atoms with Gasteiger partial charge in [-0.25, -0.2) is 0 Å². The van der Waals surface area contributed by atoms with Crippen LogP contribution in [0, 0.1) is 0 Å². The van der Waals surface area contributed by atoms with Crippen molar-refractivity contribution in [2.75, 3.05) is 39.0 Å². The van der Waals surface area contributed by atoms with Crippen molar-refractivity contribution in [2.24, 2.45) is 0 Å². The number of nitrogens with zero attached hydrogens (tertiary/aromatic N) is 2. The minimum absolute atomic E-state index is 0.130. The molecule has 5 nitrogen and oxygen atoms in total. The van der Waals surface area contributed by atoms with Crippen LogP contribution in [0.4, 0.5) is 5.69 Å². The molecular weight excluding hydrogens is 228 g/mol. The predicted molar refractivity (Wildman–Crippen MR) is 73.9 cm³/mol. The number of carbonyl (C=O) groups is 1. The van der Waals surface area contributed by atoms with E-state index < -0.39 is 0 Å². The Morgan fingerprint density at radius 1 is 1.44 bits per heavy atom. The second kappa shape index (κ2) is 7.66. The van der Waals surface area contributed by atoms with Gasteiger partial charge in [0.2, 0.25) is 0 Å². The number of anilines is 1. The van der Waals surface area contributed by atoms with Gasteiger partial charge < -0.3 is 15.5 Å². The van der Waals surface area contributed by atoms with Crippen molar-refractivity contribution in [3.63, 3.8) is 0 Å². The van der Waals surface area contributed by atoms with Gasteiger partial charge in [0.05, 0.1) is 0 Å². The van der Waals surface area contributed by atoms with Crippen LogP contribution in [0.15, 0.2) is 18.3 Å². The van der Waals surface area contributed by atoms with Crippen LogP contribution in [0.1, 0.15) is 23.8 Å². The van der Waals surface area contributed by atoms with E-state index in [9.17, 15) is 4.79 Å². The summed E-state index contributed by atoms with van der Waals surface area (Å²) in [7, 11) is 4.11. The molecule has 1 heterocycles. The summed E-state index contributed by atoms with van der Waals surface area (Å²) in [5.74, 6) is -0.130. The Labute approximate surface area is 109 Å². The molecule has 0 fully saturated rings. The van der Waals surface area contributed by atoms with Crippen LogP contribution in [0.25, 0.3) is 0 Å². The lowest BCUT2D eigenvalue weighted by molar-refractivity contribution is 0.0951. The minimum atomic E-state index is -0.130. The van der Waals surface area contributed by atoms with E-state index in [-0.39, 0.29) is 5.91 Å². The number of aromatic nitrogens is 1. The van der Waals surface area contributed by atoms with Gasteiger partial charge in [0, 0.05) is 25.0 Å². The predicted octanol–water partition coefficient (Wildman–Crippen LogP) is 1.19. The van der Waals surface area contributed by atoms with E-state index in [1.165, 1.54) is 0 Å². The Kier molecular flexibility index (Phi) is 6.14. The first kappa shape index (κ1) is 14.4. The molecule has 1 amide bonds. The van der Waals surface area contributed by atoms with Crippen molar-refractivity contribution < 1.29 is 4.79 Å². The van der Waals surface area contributed by atoms with E-state index in [0.29, 0.717) is 12.2 Å². The average molecular weight is 250 g/mol. The van der Waals surface area contributed by atoms with Crippen LogP contribution >= 0.6 is 0 Å². The van der Waals surface area contributed by atoms with Crippen LogP contribution in [-0.2, 0) is 0 Å². The second-order valence-corrected chi connectivity index (χ2v) is 4.37. The summed E-state index contributed by atoms with van der Waals surface area (Å²) < 4.78 is 0. The normalized spacial score (nSPS) is 10.4. The molecule has 0 aliphatic heterocycles. The summed E-state index contributed by atoms with van der Waals surface area (Å²) in [6.45, 7) is 4.43. The lowest BCUT2D eigenvalue weighted by Crippen LogP contribution is -2.23. The van der Waals surface area contributed by atoms with Crippen LogP contribution in [0.3, 0.4) is 0 Å². The molecule has 0 saturated heterocycles. The highest BCUT2D eigenvalue weighted by atomic mass is 16.1. The molecule has 1 aromatic heterocycles. The lowest BCUT2D eigenvalue weighted by atomic mass is 10.3. The molecule has 5 heteroatoms. The Morgan fingerprint density at radius 2 is 2.22 bits per heavy atom. The zero-order chi connectivity index (χ0) is 13.4. The van der Waals surface area contributed by atoms with Crippen LogP contribution in [0.2, 0.25) is 0 Å². The standard InChI is InChI=1S/C13H22N4O/c1-4-14-13(18)12-10-11(6-8-16-12)15-7-5-9-17(2)3/h6,8,10H,4-5,7,9H2,1-3H3,(H,14,18)(H,15,16). The van der Waals surface area contributed by atoms with Gasteiger partial charge in [-0.2, -0.15) is 0 Å². The molecule has 0 aliphatic carbocycles. The molecule has 1 aromatic rings. The highest BCUT2D eigenvalue weighted by Gasteiger charge is 2.05. The Balaban J connectivity index is 2.46. The molecule has 0 radical (unpaired) electrons. The average Bonchev–Trinajstić information content (AvgIpc) is 2.35. The van der Waals surface area contributed by atoms with E-state index >= 15 is 0 Å². The SMILES string of the molecule is CCNC(=O)c1cc(NCCCN(C)C)ccn1. The van der Waals surface area contributed by atoms with Gasteiger partial charge in [-0.3, -0.25) is 9.78 Å². The topological polar surface area (TPSA) is 57.3 Å². The first-order valence-corrected chi connectivity index (χ1v) is 6.26. The molecule has 100 valence electrons. The van der Waals surface area contributed by atoms with Gasteiger partial charge in [-0.1, -0.05) is 0 Å². The van der Waals surface area contributed by atoms with Crippen LogP contribution in [0.5, 0.6) is 0 Å². The maximum absolute atomic E-state index is 11.6. The highest BCUT2D eigenvalue weighted by molar-refractivity contribution is 5.93. The van der Waals surface area contributed by atoms with Gasteiger partial charge in [0.15, 0.2) is 0 Å². The molecule has 18 heavy (non-hydrogen) atoms. The largest absolute Gasteiger partial charge is 0.385 e. The van der Waals surface area contributed by atoms with E-state index in [1.54, 1.807) is 12.3 Å². The van der Waals surface area contributed by atoms with Gasteiger partial charge >= 0.3 is 0 Å². The summed E-state index contributed by atoms with van der Waals surface area (Å²) in [5.41, 5.74) is 1.39. The maximum Gasteiger partial charge on any atom is 0.269 e. The van der Waals surface area contributed by atoms with Gasteiger partial charge in [-0.05, 0) is 46.1 Å². The van der Waals surface area contributed by atoms with Crippen molar-refractivity contribution in [3.05, 3.63) is 24.0 Å². The number of hydrogen-bond acceptors (Lipinski definition) is 4. The van der Waals surface area contributed by atoms with Crippen molar-refractivity contribution in [2.45, 2.75) is 13.3 Å². The summed E-state index contributed by atoms with van der Waals surface area (Å²) in [6, 6.07) is 3.65. The Hall–Kier alpha value is -1.62. The first-order valence-electron chi connectivity index (χ1n) is 6.26. The number of carbonyl (C=O) groups excluding carboxylic acids is 1. The zero-order valence-corrected chi connectivity index (χ0v) is 11.4. The molecule has 1 rings (SSSR count). The summed E-state index contributed by atoms with van der Waals surface area (Å²) in [6.07, 6.45) is 2.71. The summed E-state index contributed by atoms with van der Waals surface area (Å²) >= 11 is 0. The maximum atomic E-state index is 11.6. The number of hydrogen-bond donors (Lipinski definition) is 2. The molecule has 0 saturated carbocycles. The molecule has 0 aliphatic rings. The number of pyridine rings is 1. The Morgan fingerprint density at radius 3 is 2.89 bits per heavy atom. The lowest BCUT2D eigenvalue weighted by Gasteiger charge is -2.11. The minimum Gasteiger partial charge on any atom is -0.385 e. The van der Waals surface area contributed by atoms with Gasteiger partial charge in [0.1, 0.15) is 5.69 Å². The number of rotatable bonds is 7. The fourth-order valence-corrected chi connectivity index (χ4v) is 1.54. The van der Waals surface area contributed by atoms with E-state index in [4.69, 9.17) is 0 Å². The molecule has 0 spiro atoms. The third-order valence-corrected chi connectivity index (χ3v) is 2.44. The van der Waals surface area contributed by atoms with Crippen molar-refractivity contribution >= 4 is 11.6 Å². The fraction of sp³-hybridized carbons (Fsp3) is 0.538. The zero-order valence-electron chi connectivity index (χ0n) is 11.4. The highest BCUT2D eigenvalue weighted by Crippen LogP contribution is 2.07. The Bertz CT molecular complexity index is 379. The molecule has 0 bridgehead atoms. The molecule has 0 unspecified atom stereocenters. The molecular formula is C13H22N4O. The second-order valence-electron chi connectivity index (χ2n) is 4.37. The monoisotopic (exact) mass is 250 g/mol. The molecule has 2 N–H and O–H groups in total. The third kappa shape index (κ3) is 5.14. The molecule has 0 atom stereocenters. The molecule has 0 aromatic carbocycles. The van der Waals surface area contributed by atoms with E-state index in [1.807, 2.05) is 13.0 Å². The third-order valence-electron chi connectivity index (χ3n) is 2.44. The van der Waals surface area contributed by atoms with E-state index in [2.05, 4.69) is 34.6 Å². The summed E-state index contributed by atoms with van der Waals surface area (Å²) in [5, 5.41) is 6.03. The number of nitrogens with one attached hydrogen (secondary N) is 2. The van der Waals surface area contributed by atoms with E-state index in [0.717, 1.165) is 25.2 Å². The van der Waals surface area contributed by atoms with Crippen molar-refractivity contribution in [1.29, 1.82) is 0 Å². The van der Waals surface area contributed by atoms with Crippen molar-refractivity contribution in [3.8, 4) is 0 Å². The fourth-order valence-electron chi connectivity index (χ4n) is 1.54. The van der Waals surface area contributed by atoms with Crippen LogP contribution < -0.4 is 10.6 Å². The van der Waals surface area contributed by atoms with Gasteiger partial charge in [0.25, 0.3) is 5.91 Å². The summed E-state index contributed by atoms with van der Waals surface area (Å²) in [4.78, 5) is 17.8. The van der Waals surface area contributed by atoms with Crippen LogP contribution in [-0.4, -0.2) is 49.5 Å². The van der Waals surface area contributed by atoms with Crippen molar-refractivity contribution in [1.82, 2.24) is 15.2 Å². The van der Waals surface area contributed by atoms with Gasteiger partial charge in [-0.15, -0.1) is 0 Å². The first-order chi connectivity index (χ1) is 8.63.